The summed E-state index contributed by atoms with van der Waals surface area (Å²) < 4.78 is 15.1. The van der Waals surface area contributed by atoms with Crippen LogP contribution in [0.5, 0.6) is 11.5 Å². The third kappa shape index (κ3) is 4.40. The molecule has 0 saturated carbocycles. The number of nitrogens with one attached hydrogen (secondary N) is 2. The Kier molecular flexibility index (Phi) is 5.48. The van der Waals surface area contributed by atoms with E-state index in [0.29, 0.717) is 22.2 Å². The summed E-state index contributed by atoms with van der Waals surface area (Å²) in [7, 11) is 2.99. The van der Waals surface area contributed by atoms with Crippen molar-refractivity contribution < 1.29 is 23.8 Å². The highest BCUT2D eigenvalue weighted by molar-refractivity contribution is 6.30. The molecule has 0 radical (unpaired) electrons. The number of ether oxygens (including phenoxy) is 3. The van der Waals surface area contributed by atoms with E-state index in [0.717, 1.165) is 0 Å². The van der Waals surface area contributed by atoms with E-state index < -0.39 is 18.5 Å². The first-order valence-electron chi connectivity index (χ1n) is 6.56. The zero-order valence-electron chi connectivity index (χ0n) is 12.5. The summed E-state index contributed by atoms with van der Waals surface area (Å²) in [4.78, 5) is 26.2. The molecular weight excluding hydrogens is 324 g/mol. The summed E-state index contributed by atoms with van der Waals surface area (Å²) in [5.41, 5.74) is 0.581. The highest BCUT2D eigenvalue weighted by atomic mass is 35.5. The van der Waals surface area contributed by atoms with Gasteiger partial charge >= 0.3 is 5.97 Å². The molecule has 122 valence electrons. The van der Waals surface area contributed by atoms with Crippen LogP contribution < -0.4 is 14.8 Å². The highest BCUT2D eigenvalue weighted by Gasteiger charge is 2.14. The van der Waals surface area contributed by atoms with E-state index >= 15 is 0 Å². The van der Waals surface area contributed by atoms with Gasteiger partial charge in [0.2, 0.25) is 0 Å². The van der Waals surface area contributed by atoms with Crippen LogP contribution in [0.25, 0.3) is 0 Å². The largest absolute Gasteiger partial charge is 0.497 e. The lowest BCUT2D eigenvalue weighted by molar-refractivity contribution is -0.119. The SMILES string of the molecule is COc1ccc(OC)c(NC(=O)COC(=O)c2cc(Cl)c[nH]2)c1. The van der Waals surface area contributed by atoms with Crippen molar-refractivity contribution in [3.05, 3.63) is 41.2 Å². The van der Waals surface area contributed by atoms with Gasteiger partial charge < -0.3 is 24.5 Å². The minimum Gasteiger partial charge on any atom is -0.497 e. The maximum atomic E-state index is 11.9. The average molecular weight is 339 g/mol. The zero-order chi connectivity index (χ0) is 16.8. The first kappa shape index (κ1) is 16.7. The number of halogens is 1. The summed E-state index contributed by atoms with van der Waals surface area (Å²) >= 11 is 5.69. The van der Waals surface area contributed by atoms with E-state index in [1.54, 1.807) is 18.2 Å². The van der Waals surface area contributed by atoms with Gasteiger partial charge in [-0.05, 0) is 18.2 Å². The van der Waals surface area contributed by atoms with Gasteiger partial charge in [0.15, 0.2) is 6.61 Å². The first-order chi connectivity index (χ1) is 11.0. The second kappa shape index (κ2) is 7.55. The number of hydrogen-bond donors (Lipinski definition) is 2. The molecule has 0 aliphatic carbocycles. The molecule has 2 aromatic rings. The van der Waals surface area contributed by atoms with Crippen molar-refractivity contribution >= 4 is 29.2 Å². The smallest absolute Gasteiger partial charge is 0.355 e. The molecule has 7 nitrogen and oxygen atoms in total. The van der Waals surface area contributed by atoms with Crippen molar-refractivity contribution in [2.45, 2.75) is 0 Å². The summed E-state index contributed by atoms with van der Waals surface area (Å²) in [5, 5.41) is 2.97. The predicted molar refractivity (Wildman–Crippen MR) is 84.3 cm³/mol. The third-order valence-electron chi connectivity index (χ3n) is 2.88. The quantitative estimate of drug-likeness (QED) is 0.790. The summed E-state index contributed by atoms with van der Waals surface area (Å²) in [5.74, 6) is -0.173. The van der Waals surface area contributed by atoms with Crippen molar-refractivity contribution in [3.63, 3.8) is 0 Å². The summed E-state index contributed by atoms with van der Waals surface area (Å²) in [6.45, 7) is -0.449. The van der Waals surface area contributed by atoms with Crippen molar-refractivity contribution in [3.8, 4) is 11.5 Å². The van der Waals surface area contributed by atoms with Crippen LogP contribution in [0.4, 0.5) is 5.69 Å². The van der Waals surface area contributed by atoms with Crippen LogP contribution in [0.1, 0.15) is 10.5 Å². The van der Waals surface area contributed by atoms with E-state index in [4.69, 9.17) is 25.8 Å². The Labute approximate surface area is 137 Å². The first-order valence-corrected chi connectivity index (χ1v) is 6.94. The van der Waals surface area contributed by atoms with Crippen LogP contribution in [-0.2, 0) is 9.53 Å². The van der Waals surface area contributed by atoms with Crippen LogP contribution in [0.15, 0.2) is 30.5 Å². The fraction of sp³-hybridized carbons (Fsp3) is 0.200. The third-order valence-corrected chi connectivity index (χ3v) is 3.10. The number of carbonyl (C=O) groups is 2. The molecule has 2 N–H and O–H groups in total. The maximum Gasteiger partial charge on any atom is 0.355 e. The van der Waals surface area contributed by atoms with Gasteiger partial charge in [0.05, 0.1) is 24.9 Å². The number of H-pyrrole nitrogens is 1. The lowest BCUT2D eigenvalue weighted by Crippen LogP contribution is -2.21. The standard InChI is InChI=1S/C15H15ClN2O5/c1-21-10-3-4-13(22-2)11(6-10)18-14(19)8-23-15(20)12-5-9(16)7-17-12/h3-7,17H,8H2,1-2H3,(H,18,19). The van der Waals surface area contributed by atoms with Crippen LogP contribution in [-0.4, -0.2) is 37.7 Å². The van der Waals surface area contributed by atoms with Gasteiger partial charge in [-0.3, -0.25) is 4.79 Å². The fourth-order valence-corrected chi connectivity index (χ4v) is 1.96. The fourth-order valence-electron chi connectivity index (χ4n) is 1.79. The van der Waals surface area contributed by atoms with Crippen molar-refractivity contribution in [2.24, 2.45) is 0 Å². The Morgan fingerprint density at radius 1 is 1.22 bits per heavy atom. The van der Waals surface area contributed by atoms with E-state index in [1.165, 1.54) is 26.5 Å². The molecule has 0 fully saturated rings. The number of hydrogen-bond acceptors (Lipinski definition) is 5. The Bertz CT molecular complexity index is 714. The molecule has 0 atom stereocenters. The number of aromatic nitrogens is 1. The number of esters is 1. The number of anilines is 1. The molecular formula is C15H15ClN2O5. The molecule has 8 heteroatoms. The molecule has 0 bridgehead atoms. The summed E-state index contributed by atoms with van der Waals surface area (Å²) in [6, 6.07) is 6.36. The van der Waals surface area contributed by atoms with Gasteiger partial charge in [-0.1, -0.05) is 11.6 Å². The van der Waals surface area contributed by atoms with Gasteiger partial charge in [0.1, 0.15) is 17.2 Å². The van der Waals surface area contributed by atoms with Gasteiger partial charge in [-0.25, -0.2) is 4.79 Å². The minimum absolute atomic E-state index is 0.168. The number of rotatable bonds is 6. The van der Waals surface area contributed by atoms with Crippen LogP contribution >= 0.6 is 11.6 Å². The van der Waals surface area contributed by atoms with Gasteiger partial charge in [-0.2, -0.15) is 0 Å². The van der Waals surface area contributed by atoms with Gasteiger partial charge in [0, 0.05) is 12.3 Å². The normalized spacial score (nSPS) is 10.0. The van der Waals surface area contributed by atoms with Crippen LogP contribution in [0, 0.1) is 0 Å². The molecule has 1 amide bonds. The monoisotopic (exact) mass is 338 g/mol. The Morgan fingerprint density at radius 3 is 2.61 bits per heavy atom. The molecule has 0 unspecified atom stereocenters. The van der Waals surface area contributed by atoms with Gasteiger partial charge in [0.25, 0.3) is 5.91 Å². The lowest BCUT2D eigenvalue weighted by atomic mass is 10.2. The molecule has 1 aromatic carbocycles. The molecule has 1 heterocycles. The van der Waals surface area contributed by atoms with Gasteiger partial charge in [-0.15, -0.1) is 0 Å². The van der Waals surface area contributed by atoms with E-state index in [2.05, 4.69) is 10.3 Å². The Hall–Kier alpha value is -2.67. The molecule has 2 rings (SSSR count). The minimum atomic E-state index is -0.676. The number of methoxy groups -OCH3 is 2. The predicted octanol–water partition coefficient (Wildman–Crippen LogP) is 2.48. The highest BCUT2D eigenvalue weighted by Crippen LogP contribution is 2.28. The number of amides is 1. The lowest BCUT2D eigenvalue weighted by Gasteiger charge is -2.11. The molecule has 0 aliphatic rings. The van der Waals surface area contributed by atoms with E-state index in [1.807, 2.05) is 0 Å². The average Bonchev–Trinajstić information content (AvgIpc) is 2.99. The maximum absolute atomic E-state index is 11.9. The second-order valence-electron chi connectivity index (χ2n) is 4.42. The van der Waals surface area contributed by atoms with Crippen LogP contribution in [0.2, 0.25) is 5.02 Å². The van der Waals surface area contributed by atoms with E-state index in [-0.39, 0.29) is 5.69 Å². The number of aromatic amines is 1. The van der Waals surface area contributed by atoms with E-state index in [9.17, 15) is 9.59 Å². The van der Waals surface area contributed by atoms with Crippen LogP contribution in [0.3, 0.4) is 0 Å². The second-order valence-corrected chi connectivity index (χ2v) is 4.86. The Balaban J connectivity index is 1.95. The van der Waals surface area contributed by atoms with Crippen molar-refractivity contribution in [2.75, 3.05) is 26.1 Å². The topological polar surface area (TPSA) is 89.7 Å². The molecule has 0 spiro atoms. The summed E-state index contributed by atoms with van der Waals surface area (Å²) in [6.07, 6.45) is 1.44. The number of carbonyl (C=O) groups excluding carboxylic acids is 2. The molecule has 1 aromatic heterocycles. The van der Waals surface area contributed by atoms with Crippen molar-refractivity contribution in [1.82, 2.24) is 4.98 Å². The Morgan fingerprint density at radius 2 is 2.00 bits per heavy atom. The van der Waals surface area contributed by atoms with Crippen molar-refractivity contribution in [1.29, 1.82) is 0 Å². The molecule has 0 saturated heterocycles. The zero-order valence-corrected chi connectivity index (χ0v) is 13.3. The number of benzene rings is 1. The molecule has 0 aliphatic heterocycles. The molecule has 23 heavy (non-hydrogen) atoms.